The highest BCUT2D eigenvalue weighted by atomic mass is 16.5. The van der Waals surface area contributed by atoms with Crippen LogP contribution in [0.25, 0.3) is 0 Å². The van der Waals surface area contributed by atoms with Crippen LogP contribution in [0, 0.1) is 0 Å². The van der Waals surface area contributed by atoms with Crippen molar-refractivity contribution < 1.29 is 9.53 Å². The number of carbonyl (C=O) groups is 1. The average Bonchev–Trinajstić information content (AvgIpc) is 2.39. The number of nitrogens with one attached hydrogen (secondary N) is 1. The van der Waals surface area contributed by atoms with Crippen molar-refractivity contribution in [3.05, 3.63) is 0 Å². The molecule has 3 atom stereocenters. The molecule has 82 valence electrons. The zero-order chi connectivity index (χ0) is 10.7. The minimum atomic E-state index is -0.0593. The van der Waals surface area contributed by atoms with Crippen LogP contribution < -0.4 is 5.32 Å². The lowest BCUT2D eigenvalue weighted by molar-refractivity contribution is -0.133. The van der Waals surface area contributed by atoms with Crippen LogP contribution in [0.15, 0.2) is 0 Å². The Balaban J connectivity index is 2.68. The summed E-state index contributed by atoms with van der Waals surface area (Å²) in [6.07, 6.45) is 1.05. The molecule has 1 rings (SSSR count). The average molecular weight is 200 g/mol. The third-order valence-electron chi connectivity index (χ3n) is 2.76. The molecule has 0 aromatic rings. The molecule has 1 saturated heterocycles. The molecular weight excluding hydrogens is 180 g/mol. The van der Waals surface area contributed by atoms with Crippen LogP contribution >= 0.6 is 0 Å². The summed E-state index contributed by atoms with van der Waals surface area (Å²) in [5.41, 5.74) is 0. The number of ether oxygens (including phenoxy) is 1. The van der Waals surface area contributed by atoms with Gasteiger partial charge in [-0.3, -0.25) is 10.1 Å². The fraction of sp³-hybridized carbons (Fsp3) is 0.900. The summed E-state index contributed by atoms with van der Waals surface area (Å²) in [4.78, 5) is 13.7. The van der Waals surface area contributed by atoms with Gasteiger partial charge < -0.3 is 9.64 Å². The van der Waals surface area contributed by atoms with Crippen LogP contribution in [0.2, 0.25) is 0 Å². The van der Waals surface area contributed by atoms with Gasteiger partial charge in [-0.05, 0) is 20.3 Å². The van der Waals surface area contributed by atoms with E-state index in [2.05, 4.69) is 12.2 Å². The molecule has 1 aliphatic rings. The molecule has 4 nitrogen and oxygen atoms in total. The summed E-state index contributed by atoms with van der Waals surface area (Å²) in [7, 11) is 1.67. The largest absolute Gasteiger partial charge is 0.383 e. The van der Waals surface area contributed by atoms with Crippen molar-refractivity contribution in [2.75, 3.05) is 13.7 Å². The van der Waals surface area contributed by atoms with Crippen molar-refractivity contribution in [1.29, 1.82) is 0 Å². The van der Waals surface area contributed by atoms with Crippen LogP contribution in [-0.4, -0.2) is 42.8 Å². The minimum Gasteiger partial charge on any atom is -0.383 e. The second-order valence-corrected chi connectivity index (χ2v) is 3.83. The Morgan fingerprint density at radius 2 is 2.21 bits per heavy atom. The second-order valence-electron chi connectivity index (χ2n) is 3.83. The Morgan fingerprint density at radius 3 is 2.57 bits per heavy atom. The van der Waals surface area contributed by atoms with Crippen molar-refractivity contribution >= 4 is 5.91 Å². The fourth-order valence-corrected chi connectivity index (χ4v) is 2.01. The molecule has 0 aliphatic carbocycles. The summed E-state index contributed by atoms with van der Waals surface area (Å²) in [6.45, 7) is 6.60. The lowest BCUT2D eigenvalue weighted by atomic mass is 10.2. The summed E-state index contributed by atoms with van der Waals surface area (Å²) >= 11 is 0. The van der Waals surface area contributed by atoms with E-state index in [1.165, 1.54) is 0 Å². The number of hydrogen-bond donors (Lipinski definition) is 1. The Morgan fingerprint density at radius 1 is 1.57 bits per heavy atom. The number of methoxy groups -OCH3 is 1. The second kappa shape index (κ2) is 4.75. The van der Waals surface area contributed by atoms with Crippen molar-refractivity contribution in [2.24, 2.45) is 0 Å². The number of nitrogens with zero attached hydrogens (tertiary/aromatic N) is 1. The molecule has 1 heterocycles. The first-order valence-corrected chi connectivity index (χ1v) is 5.19. The van der Waals surface area contributed by atoms with Gasteiger partial charge >= 0.3 is 0 Å². The Labute approximate surface area is 85.6 Å². The van der Waals surface area contributed by atoms with Crippen LogP contribution in [0.3, 0.4) is 0 Å². The molecule has 1 aliphatic heterocycles. The SMILES string of the molecule is CCC(COC)N1C(=O)C(C)NC1C. The molecule has 1 N–H and O–H groups in total. The van der Waals surface area contributed by atoms with E-state index in [4.69, 9.17) is 4.74 Å². The van der Waals surface area contributed by atoms with Gasteiger partial charge in [0.15, 0.2) is 0 Å². The van der Waals surface area contributed by atoms with Gasteiger partial charge in [0.1, 0.15) is 0 Å². The predicted molar refractivity (Wildman–Crippen MR) is 54.9 cm³/mol. The van der Waals surface area contributed by atoms with E-state index in [0.717, 1.165) is 6.42 Å². The van der Waals surface area contributed by atoms with Crippen LogP contribution in [-0.2, 0) is 9.53 Å². The van der Waals surface area contributed by atoms with E-state index in [9.17, 15) is 4.79 Å². The smallest absolute Gasteiger partial charge is 0.241 e. The summed E-state index contributed by atoms with van der Waals surface area (Å²) in [5.74, 6) is 0.182. The maximum atomic E-state index is 11.8. The van der Waals surface area contributed by atoms with E-state index in [0.29, 0.717) is 6.61 Å². The Bertz CT molecular complexity index is 208. The number of carbonyl (C=O) groups excluding carboxylic acids is 1. The topological polar surface area (TPSA) is 41.6 Å². The van der Waals surface area contributed by atoms with Gasteiger partial charge in [0, 0.05) is 7.11 Å². The highest BCUT2D eigenvalue weighted by molar-refractivity contribution is 5.84. The quantitative estimate of drug-likeness (QED) is 0.721. The molecule has 0 saturated carbocycles. The highest BCUT2D eigenvalue weighted by Crippen LogP contribution is 2.16. The van der Waals surface area contributed by atoms with Crippen LogP contribution in [0.1, 0.15) is 27.2 Å². The lowest BCUT2D eigenvalue weighted by Gasteiger charge is -2.29. The van der Waals surface area contributed by atoms with Gasteiger partial charge in [0.2, 0.25) is 5.91 Å². The predicted octanol–water partition coefficient (Wildman–Crippen LogP) is 0.578. The molecule has 0 aromatic heterocycles. The van der Waals surface area contributed by atoms with E-state index in [1.54, 1.807) is 7.11 Å². The van der Waals surface area contributed by atoms with E-state index >= 15 is 0 Å². The molecule has 0 spiro atoms. The zero-order valence-corrected chi connectivity index (χ0v) is 9.41. The molecule has 14 heavy (non-hydrogen) atoms. The fourth-order valence-electron chi connectivity index (χ4n) is 2.01. The molecule has 1 fully saturated rings. The normalized spacial score (nSPS) is 29.7. The lowest BCUT2D eigenvalue weighted by Crippen LogP contribution is -2.45. The first-order valence-electron chi connectivity index (χ1n) is 5.19. The maximum absolute atomic E-state index is 11.8. The summed E-state index contributed by atoms with van der Waals surface area (Å²) < 4.78 is 5.12. The maximum Gasteiger partial charge on any atom is 0.241 e. The highest BCUT2D eigenvalue weighted by Gasteiger charge is 2.37. The van der Waals surface area contributed by atoms with Crippen molar-refractivity contribution in [3.8, 4) is 0 Å². The molecular formula is C10H20N2O2. The third kappa shape index (κ3) is 2.07. The first-order chi connectivity index (χ1) is 6.61. The monoisotopic (exact) mass is 200 g/mol. The summed E-state index contributed by atoms with van der Waals surface area (Å²) in [6, 6.07) is 0.135. The third-order valence-corrected chi connectivity index (χ3v) is 2.76. The number of rotatable bonds is 4. The Hall–Kier alpha value is -0.610. The molecule has 4 heteroatoms. The number of amides is 1. The Kier molecular flexibility index (Phi) is 3.89. The van der Waals surface area contributed by atoms with E-state index in [-0.39, 0.29) is 24.2 Å². The molecule has 3 unspecified atom stereocenters. The van der Waals surface area contributed by atoms with E-state index in [1.807, 2.05) is 18.7 Å². The van der Waals surface area contributed by atoms with Gasteiger partial charge in [0.25, 0.3) is 0 Å². The van der Waals surface area contributed by atoms with Gasteiger partial charge in [0.05, 0.1) is 24.9 Å². The van der Waals surface area contributed by atoms with Crippen LogP contribution in [0.5, 0.6) is 0 Å². The number of hydrogen-bond acceptors (Lipinski definition) is 3. The van der Waals surface area contributed by atoms with Crippen molar-refractivity contribution in [2.45, 2.75) is 45.4 Å². The molecule has 0 bridgehead atoms. The zero-order valence-electron chi connectivity index (χ0n) is 9.41. The molecule has 0 aromatic carbocycles. The standard InChI is InChI=1S/C10H20N2O2/c1-5-9(6-14-4)12-8(3)11-7(2)10(12)13/h7-9,11H,5-6H2,1-4H3. The first kappa shape index (κ1) is 11.5. The van der Waals surface area contributed by atoms with Gasteiger partial charge in [-0.1, -0.05) is 6.92 Å². The minimum absolute atomic E-state index is 0.0593. The van der Waals surface area contributed by atoms with Crippen molar-refractivity contribution in [1.82, 2.24) is 10.2 Å². The van der Waals surface area contributed by atoms with E-state index < -0.39 is 0 Å². The van der Waals surface area contributed by atoms with Gasteiger partial charge in [-0.15, -0.1) is 0 Å². The summed E-state index contributed by atoms with van der Waals surface area (Å²) in [5, 5.41) is 3.21. The van der Waals surface area contributed by atoms with Crippen LogP contribution in [0.4, 0.5) is 0 Å². The van der Waals surface area contributed by atoms with Gasteiger partial charge in [-0.25, -0.2) is 0 Å². The van der Waals surface area contributed by atoms with Crippen molar-refractivity contribution in [3.63, 3.8) is 0 Å². The molecule has 0 radical (unpaired) electrons. The molecule has 1 amide bonds. The van der Waals surface area contributed by atoms with Gasteiger partial charge in [-0.2, -0.15) is 0 Å².